The molecule has 12 heavy (non-hydrogen) atoms. The normalized spacial score (nSPS) is 11.8. The van der Waals surface area contributed by atoms with Crippen molar-refractivity contribution in [3.63, 3.8) is 0 Å². The zero-order chi connectivity index (χ0) is 9.14. The van der Waals surface area contributed by atoms with Crippen LogP contribution >= 0.6 is 11.6 Å². The minimum atomic E-state index is 0.556. The molecule has 3 heteroatoms. The van der Waals surface area contributed by atoms with Crippen LogP contribution in [0.3, 0.4) is 0 Å². The van der Waals surface area contributed by atoms with E-state index in [1.807, 2.05) is 19.1 Å². The lowest BCUT2D eigenvalue weighted by atomic mass is 10.0. The van der Waals surface area contributed by atoms with Crippen molar-refractivity contribution in [2.45, 2.75) is 13.8 Å². The third-order valence-electron chi connectivity index (χ3n) is 1.46. The van der Waals surface area contributed by atoms with E-state index in [-0.39, 0.29) is 0 Å². The van der Waals surface area contributed by atoms with Crippen molar-refractivity contribution in [2.24, 2.45) is 4.99 Å². The van der Waals surface area contributed by atoms with Gasteiger partial charge in [0.2, 0.25) is 0 Å². The number of hydrogen-bond donors (Lipinski definition) is 0. The van der Waals surface area contributed by atoms with E-state index in [4.69, 9.17) is 19.4 Å². The molecule has 0 N–H and O–H groups in total. The fraction of sp³-hybridized carbons (Fsp3) is 0.222. The van der Waals surface area contributed by atoms with Gasteiger partial charge in [-0.05, 0) is 43.2 Å². The van der Waals surface area contributed by atoms with E-state index >= 15 is 0 Å². The summed E-state index contributed by atoms with van der Waals surface area (Å²) >= 11 is 5.77. The maximum absolute atomic E-state index is 5.77. The van der Waals surface area contributed by atoms with Crippen LogP contribution in [-0.4, -0.2) is 13.5 Å². The van der Waals surface area contributed by atoms with Crippen molar-refractivity contribution in [3.8, 4) is 0 Å². The average molecular weight is 177 g/mol. The van der Waals surface area contributed by atoms with Crippen LogP contribution in [0.15, 0.2) is 23.2 Å². The summed E-state index contributed by atoms with van der Waals surface area (Å²) in [4.78, 5) is 4.14. The molecule has 0 unspecified atom stereocenters. The topological polar surface area (TPSA) is 12.4 Å². The standard InChI is InChI=1S/C9H9BClN/c1-6-5-8(11)3-4-9(6)12-7(2)10/h3-5H,1-2H3. The molecule has 0 atom stereocenters. The van der Waals surface area contributed by atoms with Crippen molar-refractivity contribution in [2.75, 3.05) is 0 Å². The molecule has 0 aliphatic carbocycles. The molecular weight excluding hydrogens is 168 g/mol. The van der Waals surface area contributed by atoms with Gasteiger partial charge in [0, 0.05) is 5.02 Å². The highest BCUT2D eigenvalue weighted by Crippen LogP contribution is 2.22. The zero-order valence-corrected chi connectivity index (χ0v) is 7.89. The first kappa shape index (κ1) is 9.33. The number of benzene rings is 1. The maximum Gasteiger partial charge on any atom is 0.135 e. The van der Waals surface area contributed by atoms with Gasteiger partial charge in [-0.15, -0.1) is 0 Å². The third kappa shape index (κ3) is 2.38. The second-order valence-electron chi connectivity index (χ2n) is 2.68. The molecule has 0 fully saturated rings. The van der Waals surface area contributed by atoms with Gasteiger partial charge in [-0.3, -0.25) is 4.99 Å². The van der Waals surface area contributed by atoms with Crippen molar-refractivity contribution >= 4 is 30.7 Å². The van der Waals surface area contributed by atoms with Crippen molar-refractivity contribution < 1.29 is 0 Å². The number of aliphatic imine (C=N–C) groups is 1. The molecule has 2 radical (unpaired) electrons. The van der Waals surface area contributed by atoms with Crippen molar-refractivity contribution in [1.82, 2.24) is 0 Å². The SMILES string of the molecule is [B]C(C)=Nc1ccc(Cl)cc1C. The lowest BCUT2D eigenvalue weighted by Crippen LogP contribution is -1.86. The predicted molar refractivity (Wildman–Crippen MR) is 54.7 cm³/mol. The summed E-state index contributed by atoms with van der Waals surface area (Å²) < 4.78 is 0. The lowest BCUT2D eigenvalue weighted by Gasteiger charge is -2.00. The highest BCUT2D eigenvalue weighted by atomic mass is 35.5. The van der Waals surface area contributed by atoms with Crippen LogP contribution in [0, 0.1) is 6.92 Å². The Kier molecular flexibility index (Phi) is 2.93. The van der Waals surface area contributed by atoms with Crippen LogP contribution in [0.4, 0.5) is 5.69 Å². The van der Waals surface area contributed by atoms with Gasteiger partial charge in [-0.25, -0.2) is 0 Å². The van der Waals surface area contributed by atoms with Crippen LogP contribution in [0.2, 0.25) is 5.02 Å². The quantitative estimate of drug-likeness (QED) is 0.462. The van der Waals surface area contributed by atoms with Gasteiger partial charge in [0.15, 0.2) is 0 Å². The fourth-order valence-electron chi connectivity index (χ4n) is 0.934. The van der Waals surface area contributed by atoms with Crippen LogP contribution in [0.1, 0.15) is 12.5 Å². The molecule has 0 spiro atoms. The Morgan fingerprint density at radius 1 is 1.50 bits per heavy atom. The molecule has 0 heterocycles. The monoisotopic (exact) mass is 177 g/mol. The van der Waals surface area contributed by atoms with Gasteiger partial charge >= 0.3 is 0 Å². The third-order valence-corrected chi connectivity index (χ3v) is 1.69. The first-order chi connectivity index (χ1) is 5.59. The summed E-state index contributed by atoms with van der Waals surface area (Å²) in [7, 11) is 5.45. The first-order valence-corrected chi connectivity index (χ1v) is 4.04. The van der Waals surface area contributed by atoms with Crippen LogP contribution in [0.5, 0.6) is 0 Å². The molecule has 1 aromatic rings. The van der Waals surface area contributed by atoms with Gasteiger partial charge in [-0.1, -0.05) is 11.6 Å². The van der Waals surface area contributed by atoms with Crippen LogP contribution in [-0.2, 0) is 0 Å². The van der Waals surface area contributed by atoms with Crippen LogP contribution in [0.25, 0.3) is 0 Å². The van der Waals surface area contributed by atoms with E-state index in [1.54, 1.807) is 13.0 Å². The molecule has 0 aliphatic rings. The molecule has 1 nitrogen and oxygen atoms in total. The van der Waals surface area contributed by atoms with E-state index in [1.165, 1.54) is 0 Å². The van der Waals surface area contributed by atoms with Gasteiger partial charge in [0.1, 0.15) is 7.85 Å². The molecule has 0 saturated heterocycles. The summed E-state index contributed by atoms with van der Waals surface area (Å²) in [6, 6.07) is 5.52. The number of rotatable bonds is 1. The smallest absolute Gasteiger partial charge is 0.135 e. The summed E-state index contributed by atoms with van der Waals surface area (Å²) in [5, 5.41) is 0.723. The Balaban J connectivity index is 3.10. The summed E-state index contributed by atoms with van der Waals surface area (Å²) in [5.41, 5.74) is 2.46. The largest absolute Gasteiger partial charge is 0.269 e. The Morgan fingerprint density at radius 3 is 2.67 bits per heavy atom. The molecule has 1 aromatic carbocycles. The Hall–Kier alpha value is -0.755. The molecule has 0 bridgehead atoms. The first-order valence-electron chi connectivity index (χ1n) is 3.66. The second-order valence-corrected chi connectivity index (χ2v) is 3.12. The molecule has 0 amide bonds. The molecule has 60 valence electrons. The molecule has 0 saturated carbocycles. The Bertz CT molecular complexity index is 316. The predicted octanol–water partition coefficient (Wildman–Crippen LogP) is 2.87. The van der Waals surface area contributed by atoms with Gasteiger partial charge < -0.3 is 0 Å². The van der Waals surface area contributed by atoms with Crippen molar-refractivity contribution in [1.29, 1.82) is 0 Å². The molecule has 0 aliphatic heterocycles. The zero-order valence-electron chi connectivity index (χ0n) is 7.13. The van der Waals surface area contributed by atoms with Gasteiger partial charge in [-0.2, -0.15) is 0 Å². The number of hydrogen-bond acceptors (Lipinski definition) is 1. The van der Waals surface area contributed by atoms with E-state index < -0.39 is 0 Å². The fourth-order valence-corrected chi connectivity index (χ4v) is 1.16. The maximum atomic E-state index is 5.77. The minimum absolute atomic E-state index is 0.556. The number of aryl methyl sites for hydroxylation is 1. The Labute approximate surface area is 78.9 Å². The van der Waals surface area contributed by atoms with Crippen LogP contribution < -0.4 is 0 Å². The van der Waals surface area contributed by atoms with E-state index in [2.05, 4.69) is 4.99 Å². The minimum Gasteiger partial charge on any atom is -0.269 e. The highest BCUT2D eigenvalue weighted by molar-refractivity contribution is 6.59. The van der Waals surface area contributed by atoms with Gasteiger partial charge in [0.25, 0.3) is 0 Å². The summed E-state index contributed by atoms with van der Waals surface area (Å²) in [6.45, 7) is 3.71. The summed E-state index contributed by atoms with van der Waals surface area (Å²) in [5.74, 6) is 0. The molecule has 0 aromatic heterocycles. The molecule has 1 rings (SSSR count). The Morgan fingerprint density at radius 2 is 2.17 bits per heavy atom. The number of halogens is 1. The summed E-state index contributed by atoms with van der Waals surface area (Å²) in [6.07, 6.45) is 0. The highest BCUT2D eigenvalue weighted by Gasteiger charge is 1.95. The van der Waals surface area contributed by atoms with Gasteiger partial charge in [0.05, 0.1) is 5.69 Å². The van der Waals surface area contributed by atoms with Crippen molar-refractivity contribution in [3.05, 3.63) is 28.8 Å². The second kappa shape index (κ2) is 3.77. The van der Waals surface area contributed by atoms with E-state index in [0.717, 1.165) is 16.3 Å². The molecular formula is C9H9BClN. The average Bonchev–Trinajstić information content (AvgIpc) is 1.94. The lowest BCUT2D eigenvalue weighted by molar-refractivity contribution is 1.40. The van der Waals surface area contributed by atoms with E-state index in [0.29, 0.717) is 5.61 Å². The van der Waals surface area contributed by atoms with E-state index in [9.17, 15) is 0 Å². The number of nitrogens with zero attached hydrogens (tertiary/aromatic N) is 1.